The second-order valence-electron chi connectivity index (χ2n) is 5.46. The Hall–Kier alpha value is -1.80. The van der Waals surface area contributed by atoms with Crippen molar-refractivity contribution in [1.29, 1.82) is 0 Å². The summed E-state index contributed by atoms with van der Waals surface area (Å²) in [5, 5.41) is 0. The Kier molecular flexibility index (Phi) is 3.75. The number of aryl methyl sites for hydroxylation is 1. The van der Waals surface area contributed by atoms with Gasteiger partial charge in [0.25, 0.3) is 0 Å². The summed E-state index contributed by atoms with van der Waals surface area (Å²) in [6.07, 6.45) is 3.87. The van der Waals surface area contributed by atoms with Crippen molar-refractivity contribution in [3.63, 3.8) is 0 Å². The average molecular weight is 267 g/mol. The van der Waals surface area contributed by atoms with Gasteiger partial charge in [0.15, 0.2) is 0 Å². The van der Waals surface area contributed by atoms with Crippen molar-refractivity contribution in [2.24, 2.45) is 5.73 Å². The molecule has 1 aliphatic carbocycles. The van der Waals surface area contributed by atoms with Gasteiger partial charge < -0.3 is 10.5 Å². The molecule has 1 unspecified atom stereocenters. The lowest BCUT2D eigenvalue weighted by Crippen LogP contribution is -2.11. The van der Waals surface area contributed by atoms with Crippen molar-refractivity contribution >= 4 is 0 Å². The fourth-order valence-corrected chi connectivity index (χ4v) is 2.29. The minimum atomic E-state index is -0.0733. The van der Waals surface area contributed by atoms with E-state index in [9.17, 15) is 0 Å². The molecule has 20 heavy (non-hydrogen) atoms. The van der Waals surface area contributed by atoms with E-state index in [1.807, 2.05) is 12.1 Å². The molecule has 1 aliphatic rings. The third-order valence-electron chi connectivity index (χ3n) is 3.81. The molecule has 0 saturated heterocycles. The van der Waals surface area contributed by atoms with Crippen LogP contribution in [0.5, 0.6) is 5.75 Å². The Morgan fingerprint density at radius 3 is 2.05 bits per heavy atom. The summed E-state index contributed by atoms with van der Waals surface area (Å²) in [6.45, 7) is 2.16. The fraction of sp³-hybridized carbons (Fsp3) is 0.333. The standard InChI is InChI=1S/C18H21NO/c1-2-13-3-5-14(6-4-13)18(19)15-7-9-16(10-8-15)20-17-11-12-17/h3-10,17-18H,2,11-12,19H2,1H3. The Labute approximate surface area is 120 Å². The van der Waals surface area contributed by atoms with Gasteiger partial charge in [0, 0.05) is 0 Å². The van der Waals surface area contributed by atoms with E-state index in [-0.39, 0.29) is 6.04 Å². The third-order valence-corrected chi connectivity index (χ3v) is 3.81. The summed E-state index contributed by atoms with van der Waals surface area (Å²) in [4.78, 5) is 0. The zero-order valence-corrected chi connectivity index (χ0v) is 11.9. The lowest BCUT2D eigenvalue weighted by Gasteiger charge is -2.14. The molecule has 3 rings (SSSR count). The van der Waals surface area contributed by atoms with Crippen LogP contribution in [-0.2, 0) is 6.42 Å². The largest absolute Gasteiger partial charge is 0.490 e. The van der Waals surface area contributed by atoms with Gasteiger partial charge in [-0.1, -0.05) is 43.3 Å². The summed E-state index contributed by atoms with van der Waals surface area (Å²) in [6, 6.07) is 16.7. The molecular formula is C18H21NO. The minimum Gasteiger partial charge on any atom is -0.490 e. The third kappa shape index (κ3) is 3.02. The Balaban J connectivity index is 1.72. The topological polar surface area (TPSA) is 35.2 Å². The van der Waals surface area contributed by atoms with Crippen LogP contribution in [0, 0.1) is 0 Å². The molecule has 2 aromatic rings. The first kappa shape index (κ1) is 13.2. The normalized spacial score (nSPS) is 15.9. The molecule has 1 atom stereocenters. The van der Waals surface area contributed by atoms with E-state index >= 15 is 0 Å². The molecule has 2 aromatic carbocycles. The van der Waals surface area contributed by atoms with Gasteiger partial charge in [0.2, 0.25) is 0 Å². The van der Waals surface area contributed by atoms with Gasteiger partial charge >= 0.3 is 0 Å². The van der Waals surface area contributed by atoms with Crippen LogP contribution in [0.3, 0.4) is 0 Å². The van der Waals surface area contributed by atoms with Gasteiger partial charge in [-0.15, -0.1) is 0 Å². The lowest BCUT2D eigenvalue weighted by atomic mass is 9.98. The van der Waals surface area contributed by atoms with E-state index in [4.69, 9.17) is 10.5 Å². The highest BCUT2D eigenvalue weighted by Gasteiger charge is 2.23. The Bertz CT molecular complexity index is 555. The summed E-state index contributed by atoms with van der Waals surface area (Å²) in [5.74, 6) is 0.949. The molecular weight excluding hydrogens is 246 g/mol. The molecule has 1 fully saturated rings. The van der Waals surface area contributed by atoms with E-state index in [0.29, 0.717) is 6.10 Å². The van der Waals surface area contributed by atoms with E-state index in [1.165, 1.54) is 18.4 Å². The number of hydrogen-bond donors (Lipinski definition) is 1. The molecule has 0 heterocycles. The molecule has 0 amide bonds. The molecule has 0 aliphatic heterocycles. The van der Waals surface area contributed by atoms with Crippen LogP contribution in [0.4, 0.5) is 0 Å². The predicted molar refractivity (Wildman–Crippen MR) is 81.9 cm³/mol. The van der Waals surface area contributed by atoms with Gasteiger partial charge in [-0.05, 0) is 48.1 Å². The van der Waals surface area contributed by atoms with Crippen molar-refractivity contribution in [1.82, 2.24) is 0 Å². The van der Waals surface area contributed by atoms with Crippen LogP contribution in [0.1, 0.15) is 42.5 Å². The molecule has 2 N–H and O–H groups in total. The van der Waals surface area contributed by atoms with Crippen molar-refractivity contribution in [3.05, 3.63) is 65.2 Å². The average Bonchev–Trinajstić information content (AvgIpc) is 3.31. The highest BCUT2D eigenvalue weighted by molar-refractivity contribution is 5.36. The van der Waals surface area contributed by atoms with Crippen LogP contribution in [-0.4, -0.2) is 6.10 Å². The maximum atomic E-state index is 6.33. The lowest BCUT2D eigenvalue weighted by molar-refractivity contribution is 0.303. The molecule has 1 saturated carbocycles. The van der Waals surface area contributed by atoms with Gasteiger partial charge in [0.05, 0.1) is 12.1 Å². The quantitative estimate of drug-likeness (QED) is 0.893. The zero-order valence-electron chi connectivity index (χ0n) is 11.9. The number of nitrogens with two attached hydrogens (primary N) is 1. The van der Waals surface area contributed by atoms with Crippen molar-refractivity contribution in [2.45, 2.75) is 38.3 Å². The molecule has 0 aromatic heterocycles. The summed E-state index contributed by atoms with van der Waals surface area (Å²) in [7, 11) is 0. The number of hydrogen-bond acceptors (Lipinski definition) is 2. The van der Waals surface area contributed by atoms with Crippen LogP contribution in [0.2, 0.25) is 0 Å². The minimum absolute atomic E-state index is 0.0733. The maximum Gasteiger partial charge on any atom is 0.119 e. The van der Waals surface area contributed by atoms with Gasteiger partial charge in [0.1, 0.15) is 5.75 Å². The Morgan fingerprint density at radius 1 is 1.00 bits per heavy atom. The van der Waals surface area contributed by atoms with E-state index in [0.717, 1.165) is 23.3 Å². The van der Waals surface area contributed by atoms with Gasteiger partial charge in [-0.3, -0.25) is 0 Å². The molecule has 0 spiro atoms. The van der Waals surface area contributed by atoms with Crippen LogP contribution < -0.4 is 10.5 Å². The van der Waals surface area contributed by atoms with E-state index < -0.39 is 0 Å². The Morgan fingerprint density at radius 2 is 1.55 bits per heavy atom. The van der Waals surface area contributed by atoms with E-state index in [2.05, 4.69) is 43.3 Å². The van der Waals surface area contributed by atoms with Crippen molar-refractivity contribution in [3.8, 4) is 5.75 Å². The highest BCUT2D eigenvalue weighted by atomic mass is 16.5. The van der Waals surface area contributed by atoms with Crippen LogP contribution in [0.15, 0.2) is 48.5 Å². The predicted octanol–water partition coefficient (Wildman–Crippen LogP) is 3.84. The molecule has 0 bridgehead atoms. The molecule has 2 nitrogen and oxygen atoms in total. The maximum absolute atomic E-state index is 6.33. The summed E-state index contributed by atoms with van der Waals surface area (Å²) >= 11 is 0. The first-order valence-corrected chi connectivity index (χ1v) is 7.37. The summed E-state index contributed by atoms with van der Waals surface area (Å²) in [5.41, 5.74) is 9.95. The SMILES string of the molecule is CCc1ccc(C(N)c2ccc(OC3CC3)cc2)cc1. The number of rotatable bonds is 5. The highest BCUT2D eigenvalue weighted by Crippen LogP contribution is 2.28. The number of benzene rings is 2. The molecule has 2 heteroatoms. The smallest absolute Gasteiger partial charge is 0.119 e. The molecule has 104 valence electrons. The zero-order chi connectivity index (χ0) is 13.9. The first-order valence-electron chi connectivity index (χ1n) is 7.37. The second-order valence-corrected chi connectivity index (χ2v) is 5.46. The van der Waals surface area contributed by atoms with Crippen molar-refractivity contribution in [2.75, 3.05) is 0 Å². The van der Waals surface area contributed by atoms with Gasteiger partial charge in [-0.2, -0.15) is 0 Å². The first-order chi connectivity index (χ1) is 9.76. The van der Waals surface area contributed by atoms with Crippen LogP contribution in [0.25, 0.3) is 0 Å². The van der Waals surface area contributed by atoms with Crippen molar-refractivity contribution < 1.29 is 4.74 Å². The summed E-state index contributed by atoms with van der Waals surface area (Å²) < 4.78 is 5.76. The van der Waals surface area contributed by atoms with E-state index in [1.54, 1.807) is 0 Å². The van der Waals surface area contributed by atoms with Crippen LogP contribution >= 0.6 is 0 Å². The fourth-order valence-electron chi connectivity index (χ4n) is 2.29. The van der Waals surface area contributed by atoms with Gasteiger partial charge in [-0.25, -0.2) is 0 Å². The monoisotopic (exact) mass is 267 g/mol. The number of ether oxygens (including phenoxy) is 1. The second kappa shape index (κ2) is 5.68. The molecule has 0 radical (unpaired) electrons.